The van der Waals surface area contributed by atoms with Gasteiger partial charge in [0.05, 0.1) is 39.6 Å². The fraction of sp³-hybridized carbons (Fsp3) is 0.591. The van der Waals surface area contributed by atoms with Crippen molar-refractivity contribution in [3.8, 4) is 5.75 Å². The Morgan fingerprint density at radius 3 is 2.55 bits per heavy atom. The van der Waals surface area contributed by atoms with E-state index in [4.69, 9.17) is 23.7 Å². The second-order valence-corrected chi connectivity index (χ2v) is 17.8. The monoisotopic (exact) mass is 748 g/mol. The Morgan fingerprint density at radius 1 is 1.00 bits per heavy atom. The molecule has 2 aromatic carbocycles. The van der Waals surface area contributed by atoms with Crippen molar-refractivity contribution in [2.24, 2.45) is 23.2 Å². The third-order valence-electron chi connectivity index (χ3n) is 16.0. The lowest BCUT2D eigenvalue weighted by Crippen LogP contribution is -2.77. The first-order valence-electron chi connectivity index (χ1n) is 20.4. The molecule has 55 heavy (non-hydrogen) atoms. The molecule has 1 saturated carbocycles. The van der Waals surface area contributed by atoms with Crippen LogP contribution in [0.25, 0.3) is 21.8 Å². The number of hydrogen-bond acceptors (Lipinski definition) is 9. The summed E-state index contributed by atoms with van der Waals surface area (Å²) in [5.41, 5.74) is 5.29. The average molecular weight is 749 g/mol. The molecule has 11 nitrogen and oxygen atoms in total. The molecule has 7 fully saturated rings. The first kappa shape index (κ1) is 34.4. The number of epoxide rings is 1. The van der Waals surface area contributed by atoms with E-state index in [2.05, 4.69) is 77.1 Å². The molecule has 1 spiro atoms. The fourth-order valence-electron chi connectivity index (χ4n) is 13.9. The first-order chi connectivity index (χ1) is 26.7. The van der Waals surface area contributed by atoms with E-state index in [0.717, 1.165) is 83.3 Å². The number of H-pyrrole nitrogens is 2. The van der Waals surface area contributed by atoms with E-state index in [1.54, 1.807) is 14.2 Å². The van der Waals surface area contributed by atoms with Gasteiger partial charge in [0.1, 0.15) is 28.4 Å². The molecule has 1 unspecified atom stereocenters. The van der Waals surface area contributed by atoms with Gasteiger partial charge in [-0.05, 0) is 87.2 Å². The van der Waals surface area contributed by atoms with Crippen molar-refractivity contribution in [2.45, 2.75) is 93.7 Å². The minimum absolute atomic E-state index is 0.0799. The van der Waals surface area contributed by atoms with Gasteiger partial charge in [-0.15, -0.1) is 0 Å². The standard InChI is InChI=1S/C44H52N4O7/c1-7-24-16-23-19-42(40(49)52-5)37-27(14-15-48(20-23)38(24)42)26-12-13-31(51-4)34(36(26)46-37)29-17-32-43(41(50)53-6)21-54-39(44(32)22(2)55-44)47(3)33(43)18-28-25-10-8-9-11-30(25)45-35(28)29/h8-13,22-24,29,32-33,38-39,45-46H,7,14-21H2,1-6H3/t22-,23+,24+,29-,32+,33+,38+,39+,42-,43-,44+/m1/s1. The summed E-state index contributed by atoms with van der Waals surface area (Å²) in [6, 6.07) is 12.7. The third kappa shape index (κ3) is 4.05. The number of carbonyl (C=O) groups excluding carboxylic acids is 2. The molecular formula is C44H52N4O7. The number of nitrogens with zero attached hydrogens (tertiary/aromatic N) is 2. The normalized spacial score (nSPS) is 39.6. The van der Waals surface area contributed by atoms with E-state index in [1.807, 2.05) is 0 Å². The summed E-state index contributed by atoms with van der Waals surface area (Å²) in [6.45, 7) is 6.61. The smallest absolute Gasteiger partial charge is 0.319 e. The highest BCUT2D eigenvalue weighted by molar-refractivity contribution is 5.95. The van der Waals surface area contributed by atoms with Crippen LogP contribution in [0.3, 0.4) is 0 Å². The number of aromatic nitrogens is 2. The maximum Gasteiger partial charge on any atom is 0.319 e. The number of ether oxygens (including phenoxy) is 5. The molecule has 7 aliphatic heterocycles. The predicted octanol–water partition coefficient (Wildman–Crippen LogP) is 5.43. The predicted molar refractivity (Wildman–Crippen MR) is 205 cm³/mol. The summed E-state index contributed by atoms with van der Waals surface area (Å²) >= 11 is 0. The lowest BCUT2D eigenvalue weighted by molar-refractivity contribution is -0.284. The van der Waals surface area contributed by atoms with Crippen molar-refractivity contribution in [1.29, 1.82) is 0 Å². The van der Waals surface area contributed by atoms with Gasteiger partial charge < -0.3 is 33.7 Å². The zero-order valence-electron chi connectivity index (χ0n) is 32.7. The van der Waals surface area contributed by atoms with Gasteiger partial charge in [0.15, 0.2) is 0 Å². The molecule has 6 saturated heterocycles. The maximum absolute atomic E-state index is 14.5. The quantitative estimate of drug-likeness (QED) is 0.204. The topological polar surface area (TPSA) is 122 Å². The number of para-hydroxylation sites is 1. The number of methoxy groups -OCH3 is 3. The summed E-state index contributed by atoms with van der Waals surface area (Å²) in [6.07, 6.45) is 4.70. The van der Waals surface area contributed by atoms with Gasteiger partial charge in [0, 0.05) is 70.2 Å². The lowest BCUT2D eigenvalue weighted by Gasteiger charge is -2.62. The van der Waals surface area contributed by atoms with Crippen molar-refractivity contribution in [3.05, 3.63) is 64.5 Å². The number of rotatable bonds is 5. The minimum Gasteiger partial charge on any atom is -0.496 e. The van der Waals surface area contributed by atoms with E-state index >= 15 is 0 Å². The molecule has 8 bridgehead atoms. The summed E-state index contributed by atoms with van der Waals surface area (Å²) in [7, 11) is 6.89. The number of benzene rings is 2. The summed E-state index contributed by atoms with van der Waals surface area (Å²) < 4.78 is 31.2. The largest absolute Gasteiger partial charge is 0.496 e. The Labute approximate surface area is 321 Å². The molecule has 9 heterocycles. The van der Waals surface area contributed by atoms with Gasteiger partial charge in [-0.25, -0.2) is 0 Å². The van der Waals surface area contributed by atoms with Crippen molar-refractivity contribution in [3.63, 3.8) is 0 Å². The Morgan fingerprint density at radius 2 is 1.80 bits per heavy atom. The van der Waals surface area contributed by atoms with Crippen LogP contribution in [0.4, 0.5) is 0 Å². The summed E-state index contributed by atoms with van der Waals surface area (Å²) in [4.78, 5) is 41.8. The minimum atomic E-state index is -0.958. The Hall–Kier alpha value is -3.90. The van der Waals surface area contributed by atoms with Crippen molar-refractivity contribution >= 4 is 33.7 Å². The molecule has 9 aliphatic rings. The molecule has 12 atom stereocenters. The number of hydrogen-bond donors (Lipinski definition) is 2. The van der Waals surface area contributed by atoms with Crippen molar-refractivity contribution < 1.29 is 33.3 Å². The van der Waals surface area contributed by atoms with Crippen LogP contribution in [0.15, 0.2) is 36.4 Å². The Kier molecular flexibility index (Phi) is 7.24. The fourth-order valence-corrected chi connectivity index (χ4v) is 13.9. The van der Waals surface area contributed by atoms with Crippen LogP contribution >= 0.6 is 0 Å². The number of fused-ring (bicyclic) bond motifs is 8. The van der Waals surface area contributed by atoms with Gasteiger partial charge in [-0.2, -0.15) is 0 Å². The second-order valence-electron chi connectivity index (χ2n) is 17.8. The van der Waals surface area contributed by atoms with Crippen LogP contribution in [0.5, 0.6) is 5.75 Å². The van der Waals surface area contributed by atoms with Crippen LogP contribution in [-0.2, 0) is 46.8 Å². The molecule has 2 aliphatic carbocycles. The van der Waals surface area contributed by atoms with Gasteiger partial charge >= 0.3 is 11.9 Å². The highest BCUT2D eigenvalue weighted by Crippen LogP contribution is 2.67. The third-order valence-corrected chi connectivity index (χ3v) is 16.0. The highest BCUT2D eigenvalue weighted by atomic mass is 16.7. The first-order valence-corrected chi connectivity index (χ1v) is 20.4. The van der Waals surface area contributed by atoms with Gasteiger partial charge in [-0.1, -0.05) is 31.5 Å². The van der Waals surface area contributed by atoms with E-state index in [0.29, 0.717) is 24.7 Å². The van der Waals surface area contributed by atoms with Crippen LogP contribution in [0.1, 0.15) is 73.5 Å². The molecule has 2 aromatic heterocycles. The molecule has 290 valence electrons. The van der Waals surface area contributed by atoms with Crippen molar-refractivity contribution in [1.82, 2.24) is 19.8 Å². The Balaban J connectivity index is 1.19. The van der Waals surface area contributed by atoms with Crippen LogP contribution in [0, 0.1) is 23.2 Å². The summed E-state index contributed by atoms with van der Waals surface area (Å²) in [5, 5.41) is 2.29. The van der Waals surface area contributed by atoms with Crippen LogP contribution in [0.2, 0.25) is 0 Å². The van der Waals surface area contributed by atoms with E-state index in [-0.39, 0.29) is 54.8 Å². The van der Waals surface area contributed by atoms with Gasteiger partial charge in [0.2, 0.25) is 0 Å². The molecule has 0 amide bonds. The highest BCUT2D eigenvalue weighted by Gasteiger charge is 2.80. The molecule has 0 radical (unpaired) electrons. The molecule has 11 heteroatoms. The molecule has 2 N–H and O–H groups in total. The van der Waals surface area contributed by atoms with Crippen LogP contribution in [-0.4, -0.2) is 110 Å². The molecule has 13 rings (SSSR count). The number of likely N-dealkylation sites (N-methyl/N-ethyl adjacent to an activating group) is 1. The maximum atomic E-state index is 14.5. The lowest BCUT2D eigenvalue weighted by atomic mass is 9.54. The second kappa shape index (κ2) is 11.6. The number of aromatic amines is 2. The Bertz CT molecular complexity index is 2280. The summed E-state index contributed by atoms with van der Waals surface area (Å²) in [5.74, 6) is 0.837. The van der Waals surface area contributed by atoms with E-state index < -0.39 is 16.4 Å². The zero-order valence-corrected chi connectivity index (χ0v) is 32.7. The zero-order chi connectivity index (χ0) is 37.8. The number of carbonyl (C=O) groups is 2. The molecule has 4 aromatic rings. The SMILES string of the molecule is CC[C@H]1C[C@@H]2CN3CCc4c([nH]c5c([C@H]6C[C@H]7[C@]8(C(=O)OC)CO[C@H](N(C)[C@H]8Cc8c6[nH]c6ccccc86)[C@@]76O[C@@H]6C)c(OC)ccc45)[C@](C(=O)OC)(C2)[C@H]13. The van der Waals surface area contributed by atoms with Gasteiger partial charge in [0.25, 0.3) is 0 Å². The average Bonchev–Trinajstić information content (AvgIpc) is 3.54. The van der Waals surface area contributed by atoms with E-state index in [9.17, 15) is 9.59 Å². The number of piperidine rings is 3. The molecular weight excluding hydrogens is 697 g/mol. The van der Waals surface area contributed by atoms with Crippen LogP contribution < -0.4 is 4.74 Å². The van der Waals surface area contributed by atoms with Gasteiger partial charge in [-0.3, -0.25) is 19.4 Å². The van der Waals surface area contributed by atoms with E-state index in [1.165, 1.54) is 18.2 Å². The number of nitrogens with one attached hydrogen (secondary N) is 2. The van der Waals surface area contributed by atoms with Crippen molar-refractivity contribution in [2.75, 3.05) is 48.1 Å². The number of esters is 2.